The number of hydrogen-bond acceptors (Lipinski definition) is 5. The second-order valence-corrected chi connectivity index (χ2v) is 4.22. The Balaban J connectivity index is 3.30. The minimum Gasteiger partial charge on any atom is -0.469 e. The van der Waals surface area contributed by atoms with Crippen molar-refractivity contribution in [1.82, 2.24) is 4.98 Å². The molecule has 0 atom stereocenters. The summed E-state index contributed by atoms with van der Waals surface area (Å²) in [7, 11) is 1.16. The predicted octanol–water partition coefficient (Wildman–Crippen LogP) is 2.25. The van der Waals surface area contributed by atoms with E-state index >= 15 is 0 Å². The summed E-state index contributed by atoms with van der Waals surface area (Å²) in [4.78, 5) is 24.2. The van der Waals surface area contributed by atoms with Crippen molar-refractivity contribution in [3.05, 3.63) is 31.1 Å². The van der Waals surface area contributed by atoms with E-state index in [-0.39, 0.29) is 15.6 Å². The Bertz CT molecular complexity index is 496. The molecule has 1 heterocycles. The van der Waals surface area contributed by atoms with Crippen LogP contribution in [0.2, 0.25) is 0 Å². The van der Waals surface area contributed by atoms with Crippen molar-refractivity contribution in [3.63, 3.8) is 0 Å². The minimum absolute atomic E-state index is 0.0340. The second-order valence-electron chi connectivity index (χ2n) is 3.14. The molecule has 18 heavy (non-hydrogen) atoms. The van der Waals surface area contributed by atoms with Gasteiger partial charge in [-0.3, -0.25) is 14.9 Å². The summed E-state index contributed by atoms with van der Waals surface area (Å²) >= 11 is 1.54. The van der Waals surface area contributed by atoms with Crippen molar-refractivity contribution in [2.24, 2.45) is 0 Å². The summed E-state index contributed by atoms with van der Waals surface area (Å²) in [6.45, 7) is 0. The van der Waals surface area contributed by atoms with Crippen LogP contribution in [0.3, 0.4) is 0 Å². The van der Waals surface area contributed by atoms with E-state index in [0.29, 0.717) is 0 Å². The molecule has 0 spiro atoms. The van der Waals surface area contributed by atoms with Gasteiger partial charge in [0.1, 0.15) is 0 Å². The monoisotopic (exact) mass is 372 g/mol. The van der Waals surface area contributed by atoms with Crippen LogP contribution in [0.4, 0.5) is 14.5 Å². The van der Waals surface area contributed by atoms with Gasteiger partial charge in [0.25, 0.3) is 6.43 Å². The lowest BCUT2D eigenvalue weighted by Crippen LogP contribution is -2.10. The molecule has 0 N–H and O–H groups in total. The molecule has 0 radical (unpaired) electrons. The van der Waals surface area contributed by atoms with Gasteiger partial charge in [-0.15, -0.1) is 0 Å². The van der Waals surface area contributed by atoms with Gasteiger partial charge in [0, 0.05) is 11.8 Å². The average molecular weight is 372 g/mol. The first-order chi connectivity index (χ1) is 8.38. The summed E-state index contributed by atoms with van der Waals surface area (Å²) in [5.41, 5.74) is -1.50. The molecule has 1 rings (SSSR count). The van der Waals surface area contributed by atoms with E-state index in [4.69, 9.17) is 0 Å². The lowest BCUT2D eigenvalue weighted by atomic mass is 10.1. The lowest BCUT2D eigenvalue weighted by Gasteiger charge is -2.07. The molecule has 1 aromatic heterocycles. The minimum atomic E-state index is -3.05. The van der Waals surface area contributed by atoms with E-state index < -0.39 is 28.7 Å². The number of nitro groups is 1. The number of carbonyl (C=O) groups excluding carboxylic acids is 1. The van der Waals surface area contributed by atoms with E-state index in [1.807, 2.05) is 0 Å². The Morgan fingerprint density at radius 2 is 2.28 bits per heavy atom. The molecular formula is C9H7F2IN2O4. The van der Waals surface area contributed by atoms with Gasteiger partial charge in [-0.25, -0.2) is 13.8 Å². The highest BCUT2D eigenvalue weighted by Gasteiger charge is 2.29. The summed E-state index contributed by atoms with van der Waals surface area (Å²) in [5, 5.41) is 10.8. The number of halogens is 3. The number of aromatic nitrogens is 1. The van der Waals surface area contributed by atoms with Crippen molar-refractivity contribution < 1.29 is 23.2 Å². The average Bonchev–Trinajstić information content (AvgIpc) is 2.30. The molecule has 0 bridgehead atoms. The summed E-state index contributed by atoms with van der Waals surface area (Å²) in [6, 6.07) is 0. The van der Waals surface area contributed by atoms with E-state index in [9.17, 15) is 23.7 Å². The molecule has 0 saturated carbocycles. The first kappa shape index (κ1) is 14.7. The molecule has 9 heteroatoms. The Hall–Kier alpha value is -1.39. The molecule has 0 aromatic carbocycles. The largest absolute Gasteiger partial charge is 0.469 e. The van der Waals surface area contributed by atoms with Gasteiger partial charge >= 0.3 is 11.7 Å². The van der Waals surface area contributed by atoms with Gasteiger partial charge in [-0.05, 0) is 22.6 Å². The number of carbonyl (C=O) groups is 1. The van der Waals surface area contributed by atoms with Crippen LogP contribution in [0.15, 0.2) is 6.20 Å². The molecule has 0 aliphatic carbocycles. The number of methoxy groups -OCH3 is 1. The zero-order valence-corrected chi connectivity index (χ0v) is 11.2. The number of esters is 1. The van der Waals surface area contributed by atoms with Crippen LogP contribution in [-0.4, -0.2) is 23.0 Å². The van der Waals surface area contributed by atoms with Crippen LogP contribution in [0, 0.1) is 13.7 Å². The molecule has 98 valence electrons. The van der Waals surface area contributed by atoms with Crippen molar-refractivity contribution in [2.45, 2.75) is 12.8 Å². The van der Waals surface area contributed by atoms with Crippen LogP contribution in [-0.2, 0) is 16.0 Å². The standard InChI is InChI=1S/C9H7F2IN2O4/c1-18-5(15)2-4-3-13-7(9(10)11)8(6(4)12)14(16)17/h3,9H,2H2,1H3. The number of nitrogens with zero attached hydrogens (tertiary/aromatic N) is 2. The van der Waals surface area contributed by atoms with E-state index in [1.54, 1.807) is 22.6 Å². The van der Waals surface area contributed by atoms with Crippen LogP contribution in [0.25, 0.3) is 0 Å². The first-order valence-corrected chi connectivity index (χ1v) is 5.63. The maximum Gasteiger partial charge on any atom is 0.310 e. The van der Waals surface area contributed by atoms with Crippen LogP contribution in [0.5, 0.6) is 0 Å². The van der Waals surface area contributed by atoms with Gasteiger partial charge in [0.2, 0.25) is 0 Å². The Morgan fingerprint density at radius 3 is 2.72 bits per heavy atom. The molecule has 0 aliphatic rings. The van der Waals surface area contributed by atoms with E-state index in [0.717, 1.165) is 13.3 Å². The lowest BCUT2D eigenvalue weighted by molar-refractivity contribution is -0.387. The van der Waals surface area contributed by atoms with Crippen molar-refractivity contribution in [1.29, 1.82) is 0 Å². The van der Waals surface area contributed by atoms with Crippen LogP contribution >= 0.6 is 22.6 Å². The molecule has 1 aromatic rings. The number of hydrogen-bond donors (Lipinski definition) is 0. The first-order valence-electron chi connectivity index (χ1n) is 4.55. The van der Waals surface area contributed by atoms with Crippen molar-refractivity contribution >= 4 is 34.2 Å². The highest BCUT2D eigenvalue weighted by molar-refractivity contribution is 14.1. The highest BCUT2D eigenvalue weighted by atomic mass is 127. The van der Waals surface area contributed by atoms with Gasteiger partial charge in [-0.1, -0.05) is 0 Å². The van der Waals surface area contributed by atoms with Crippen molar-refractivity contribution in [2.75, 3.05) is 7.11 Å². The van der Waals surface area contributed by atoms with Gasteiger partial charge in [0.05, 0.1) is 22.0 Å². The Morgan fingerprint density at radius 1 is 1.67 bits per heavy atom. The quantitative estimate of drug-likeness (QED) is 0.351. The zero-order chi connectivity index (χ0) is 13.9. The summed E-state index contributed by atoms with van der Waals surface area (Å²) < 4.78 is 29.5. The number of pyridine rings is 1. The predicted molar refractivity (Wildman–Crippen MR) is 64.3 cm³/mol. The van der Waals surface area contributed by atoms with Gasteiger partial charge < -0.3 is 4.74 Å². The van der Waals surface area contributed by atoms with Crippen molar-refractivity contribution in [3.8, 4) is 0 Å². The smallest absolute Gasteiger partial charge is 0.310 e. The van der Waals surface area contributed by atoms with E-state index in [1.165, 1.54) is 0 Å². The van der Waals surface area contributed by atoms with Gasteiger partial charge in [0.15, 0.2) is 5.69 Å². The Kier molecular flexibility index (Phi) is 4.87. The number of rotatable bonds is 4. The summed E-state index contributed by atoms with van der Waals surface area (Å²) in [6.07, 6.45) is -2.29. The topological polar surface area (TPSA) is 82.3 Å². The molecular weight excluding hydrogens is 365 g/mol. The maximum atomic E-state index is 12.6. The Labute approximate surface area is 114 Å². The molecule has 0 aliphatic heterocycles. The third-order valence-electron chi connectivity index (χ3n) is 2.04. The fraction of sp³-hybridized carbons (Fsp3) is 0.333. The second kappa shape index (κ2) is 5.98. The van der Waals surface area contributed by atoms with Crippen LogP contribution < -0.4 is 0 Å². The molecule has 6 nitrogen and oxygen atoms in total. The molecule has 0 fully saturated rings. The normalized spacial score (nSPS) is 10.5. The molecule has 0 saturated heterocycles. The highest BCUT2D eigenvalue weighted by Crippen LogP contribution is 2.33. The number of alkyl halides is 2. The van der Waals surface area contributed by atoms with Crippen LogP contribution in [0.1, 0.15) is 17.7 Å². The maximum absolute atomic E-state index is 12.6. The summed E-state index contributed by atoms with van der Waals surface area (Å²) in [5.74, 6) is -0.631. The SMILES string of the molecule is COC(=O)Cc1cnc(C(F)F)c([N+](=O)[O-])c1I. The third kappa shape index (κ3) is 3.09. The molecule has 0 unspecified atom stereocenters. The zero-order valence-electron chi connectivity index (χ0n) is 9.02. The number of ether oxygens (including phenoxy) is 1. The fourth-order valence-electron chi connectivity index (χ4n) is 1.21. The van der Waals surface area contributed by atoms with E-state index in [2.05, 4.69) is 9.72 Å². The third-order valence-corrected chi connectivity index (χ3v) is 3.25. The fourth-order valence-corrected chi connectivity index (χ4v) is 2.02. The van der Waals surface area contributed by atoms with Gasteiger partial charge in [-0.2, -0.15) is 0 Å². The molecule has 0 amide bonds.